The minimum atomic E-state index is -4.24. The molecule has 0 aliphatic carbocycles. The lowest BCUT2D eigenvalue weighted by atomic mass is 10.0. The van der Waals surface area contributed by atoms with Gasteiger partial charge in [0.25, 0.3) is 5.91 Å². The first kappa shape index (κ1) is 33.2. The van der Waals surface area contributed by atoms with Crippen LogP contribution in [0.5, 0.6) is 0 Å². The van der Waals surface area contributed by atoms with Crippen LogP contribution < -0.4 is 5.32 Å². The molecule has 10 nitrogen and oxygen atoms in total. The van der Waals surface area contributed by atoms with Gasteiger partial charge in [-0.1, -0.05) is 55.2 Å². The summed E-state index contributed by atoms with van der Waals surface area (Å²) in [4.78, 5) is 43.3. The van der Waals surface area contributed by atoms with Gasteiger partial charge in [-0.25, -0.2) is 8.42 Å². The van der Waals surface area contributed by atoms with Gasteiger partial charge in [-0.2, -0.15) is 4.31 Å². The molecule has 3 amide bonds. The molecule has 232 valence electrons. The quantitative estimate of drug-likeness (QED) is 0.339. The summed E-state index contributed by atoms with van der Waals surface area (Å²) in [6, 6.07) is 11.3. The molecule has 1 aliphatic heterocycles. The summed E-state index contributed by atoms with van der Waals surface area (Å²) < 4.78 is 28.2. The summed E-state index contributed by atoms with van der Waals surface area (Å²) in [5.74, 6) is -1.02. The second-order valence-corrected chi connectivity index (χ2v) is 14.6. The lowest BCUT2D eigenvalue weighted by Crippen LogP contribution is -2.59. The fourth-order valence-electron chi connectivity index (χ4n) is 4.95. The van der Waals surface area contributed by atoms with Gasteiger partial charge in [0.1, 0.15) is 17.0 Å². The van der Waals surface area contributed by atoms with Crippen molar-refractivity contribution in [3.63, 3.8) is 0 Å². The van der Waals surface area contributed by atoms with Crippen LogP contribution in [-0.4, -0.2) is 97.3 Å². The van der Waals surface area contributed by atoms with E-state index in [-0.39, 0.29) is 58.9 Å². The Morgan fingerprint density at radius 3 is 2.21 bits per heavy atom. The molecule has 0 saturated carbocycles. The molecule has 1 unspecified atom stereocenters. The Bertz CT molecular complexity index is 1570. The van der Waals surface area contributed by atoms with Crippen molar-refractivity contribution >= 4 is 72.4 Å². The molecule has 1 fully saturated rings. The number of fused-ring (bicyclic) bond motifs is 1. The maximum atomic E-state index is 13.6. The van der Waals surface area contributed by atoms with E-state index in [1.807, 2.05) is 44.2 Å². The molecule has 2 heterocycles. The van der Waals surface area contributed by atoms with Crippen LogP contribution in [0.3, 0.4) is 0 Å². The van der Waals surface area contributed by atoms with Crippen LogP contribution in [0.4, 0.5) is 0 Å². The van der Waals surface area contributed by atoms with Gasteiger partial charge < -0.3 is 20.2 Å². The topological polar surface area (TPSA) is 127 Å². The predicted molar refractivity (Wildman–Crippen MR) is 168 cm³/mol. The fourth-order valence-corrected chi connectivity index (χ4v) is 7.96. The highest BCUT2D eigenvalue weighted by Gasteiger charge is 2.38. The molecule has 2 N–H and O–H groups in total. The Morgan fingerprint density at radius 1 is 1.00 bits per heavy atom. The van der Waals surface area contributed by atoms with Crippen molar-refractivity contribution < 1.29 is 27.9 Å². The number of sulfonamides is 1. The van der Waals surface area contributed by atoms with Crippen LogP contribution in [0.25, 0.3) is 10.1 Å². The molecule has 1 saturated heterocycles. The Morgan fingerprint density at radius 2 is 1.63 bits per heavy atom. The van der Waals surface area contributed by atoms with Crippen LogP contribution in [-0.2, 0) is 19.6 Å². The summed E-state index contributed by atoms with van der Waals surface area (Å²) in [5.41, 5.74) is 0. The molecule has 43 heavy (non-hydrogen) atoms. The maximum Gasteiger partial charge on any atom is 0.262 e. The second-order valence-electron chi connectivity index (χ2n) is 10.7. The average molecular weight is 670 g/mol. The molecule has 4 rings (SSSR count). The summed E-state index contributed by atoms with van der Waals surface area (Å²) in [7, 11) is -3.04. The van der Waals surface area contributed by atoms with E-state index >= 15 is 0 Å². The zero-order valence-corrected chi connectivity index (χ0v) is 27.1. The van der Waals surface area contributed by atoms with Crippen LogP contribution in [0.2, 0.25) is 10.0 Å². The van der Waals surface area contributed by atoms with Crippen molar-refractivity contribution in [3.05, 3.63) is 63.5 Å². The molecule has 0 bridgehead atoms. The summed E-state index contributed by atoms with van der Waals surface area (Å²) >= 11 is 13.4. The summed E-state index contributed by atoms with van der Waals surface area (Å²) in [5, 5.41) is 14.1. The molecule has 3 aromatic rings. The van der Waals surface area contributed by atoms with Crippen LogP contribution in [0.1, 0.15) is 29.9 Å². The SMILES string of the molecule is CC(C)C[C@H](NC(=O)c1cc2ccccc2s1)C(=O)N1CCN(C(=O)C(CO)N(C)S(=O)(=O)c2ccc(Cl)cc2Cl)CC1. The normalized spacial score (nSPS) is 15.6. The summed E-state index contributed by atoms with van der Waals surface area (Å²) in [6.45, 7) is 3.84. The second kappa shape index (κ2) is 13.9. The number of nitrogens with one attached hydrogen (secondary N) is 1. The third-order valence-corrected chi connectivity index (χ3v) is 11.0. The van der Waals surface area contributed by atoms with E-state index < -0.39 is 34.6 Å². The van der Waals surface area contributed by atoms with Crippen molar-refractivity contribution in [2.24, 2.45) is 5.92 Å². The van der Waals surface area contributed by atoms with Crippen molar-refractivity contribution in [3.8, 4) is 0 Å². The highest BCUT2D eigenvalue weighted by Crippen LogP contribution is 2.29. The van der Waals surface area contributed by atoms with E-state index in [1.54, 1.807) is 4.90 Å². The van der Waals surface area contributed by atoms with E-state index in [9.17, 15) is 27.9 Å². The molecular formula is C29H34Cl2N4O6S2. The first-order valence-corrected chi connectivity index (χ1v) is 16.8. The van der Waals surface area contributed by atoms with Crippen LogP contribution in [0.15, 0.2) is 53.4 Å². The van der Waals surface area contributed by atoms with Crippen LogP contribution in [0, 0.1) is 5.92 Å². The zero-order chi connectivity index (χ0) is 31.5. The largest absolute Gasteiger partial charge is 0.394 e. The van der Waals surface area contributed by atoms with E-state index in [1.165, 1.54) is 41.5 Å². The van der Waals surface area contributed by atoms with Gasteiger partial charge in [0.05, 0.1) is 16.5 Å². The molecule has 0 spiro atoms. The van der Waals surface area contributed by atoms with Crippen LogP contribution >= 0.6 is 34.5 Å². The Labute approximate surface area is 265 Å². The Balaban J connectivity index is 1.41. The molecule has 1 aliphatic rings. The standard InChI is InChI=1S/C29H34Cl2N4O6S2/c1-18(2)14-22(32-27(37)25-15-19-6-4-5-7-24(19)42-25)28(38)34-10-12-35(13-11-34)29(39)23(17-36)33(3)43(40,41)26-9-8-20(30)16-21(26)31/h4-9,15-16,18,22-23,36H,10-14,17H2,1-3H3,(H,32,37)/t22-,23?/m0/s1. The Kier molecular flexibility index (Phi) is 10.7. The van der Waals surface area contributed by atoms with Gasteiger partial charge in [0, 0.05) is 42.9 Å². The fraction of sp³-hybridized carbons (Fsp3) is 0.414. The number of thiophene rings is 1. The van der Waals surface area contributed by atoms with Gasteiger partial charge in [-0.15, -0.1) is 11.3 Å². The number of aliphatic hydroxyl groups excluding tert-OH is 1. The smallest absolute Gasteiger partial charge is 0.262 e. The van der Waals surface area contributed by atoms with Crippen molar-refractivity contribution in [1.29, 1.82) is 0 Å². The molecular weight excluding hydrogens is 635 g/mol. The minimum absolute atomic E-state index is 0.106. The zero-order valence-electron chi connectivity index (χ0n) is 24.0. The van der Waals surface area contributed by atoms with E-state index in [4.69, 9.17) is 23.2 Å². The van der Waals surface area contributed by atoms with Crippen molar-refractivity contribution in [1.82, 2.24) is 19.4 Å². The molecule has 1 aromatic heterocycles. The number of piperazine rings is 1. The van der Waals surface area contributed by atoms with Crippen molar-refractivity contribution in [2.75, 3.05) is 39.8 Å². The first-order valence-electron chi connectivity index (χ1n) is 13.7. The predicted octanol–water partition coefficient (Wildman–Crippen LogP) is 3.71. The Hall–Kier alpha value is -2.74. The number of nitrogens with zero attached hydrogens (tertiary/aromatic N) is 3. The number of hydrogen-bond acceptors (Lipinski definition) is 7. The van der Waals surface area contributed by atoms with E-state index in [2.05, 4.69) is 5.32 Å². The van der Waals surface area contributed by atoms with E-state index in [0.717, 1.165) is 14.4 Å². The number of hydrogen-bond donors (Lipinski definition) is 2. The lowest BCUT2D eigenvalue weighted by Gasteiger charge is -2.39. The monoisotopic (exact) mass is 668 g/mol. The number of benzene rings is 2. The number of carbonyl (C=O) groups is 3. The highest BCUT2D eigenvalue weighted by atomic mass is 35.5. The third kappa shape index (κ3) is 7.50. The summed E-state index contributed by atoms with van der Waals surface area (Å²) in [6.07, 6.45) is 0.442. The molecule has 0 radical (unpaired) electrons. The molecule has 2 aromatic carbocycles. The molecule has 2 atom stereocenters. The van der Waals surface area contributed by atoms with Gasteiger partial charge in [-0.3, -0.25) is 14.4 Å². The molecule has 14 heteroatoms. The van der Waals surface area contributed by atoms with Gasteiger partial charge >= 0.3 is 0 Å². The number of carbonyl (C=O) groups excluding carboxylic acids is 3. The van der Waals surface area contributed by atoms with Gasteiger partial charge in [-0.05, 0) is 48.1 Å². The third-order valence-electron chi connectivity index (χ3n) is 7.31. The van der Waals surface area contributed by atoms with Crippen molar-refractivity contribution in [2.45, 2.75) is 37.2 Å². The number of amides is 3. The number of aliphatic hydroxyl groups is 1. The van der Waals surface area contributed by atoms with E-state index in [0.29, 0.717) is 11.3 Å². The van der Waals surface area contributed by atoms with Gasteiger partial charge in [0.2, 0.25) is 21.8 Å². The number of halogens is 2. The van der Waals surface area contributed by atoms with Gasteiger partial charge in [0.15, 0.2) is 0 Å². The number of likely N-dealkylation sites (N-methyl/N-ethyl adjacent to an activating group) is 1. The average Bonchev–Trinajstić information content (AvgIpc) is 3.41. The number of rotatable bonds is 10. The first-order chi connectivity index (χ1) is 20.3. The lowest BCUT2D eigenvalue weighted by molar-refractivity contribution is -0.143. The highest BCUT2D eigenvalue weighted by molar-refractivity contribution is 7.89. The minimum Gasteiger partial charge on any atom is -0.394 e. The maximum absolute atomic E-state index is 13.6.